The van der Waals surface area contributed by atoms with Crippen LogP contribution in [0, 0.1) is 0 Å². The summed E-state index contributed by atoms with van der Waals surface area (Å²) in [5.41, 5.74) is 5.04. The highest BCUT2D eigenvalue weighted by molar-refractivity contribution is 6.08. The highest BCUT2D eigenvalue weighted by atomic mass is 16.5. The van der Waals surface area contributed by atoms with E-state index in [0.717, 1.165) is 44.4 Å². The van der Waals surface area contributed by atoms with Gasteiger partial charge in [0.25, 0.3) is 0 Å². The molecule has 0 bridgehead atoms. The van der Waals surface area contributed by atoms with Gasteiger partial charge in [0.1, 0.15) is 0 Å². The minimum absolute atomic E-state index is 0.0761. The number of ether oxygens (including phenoxy) is 1. The molecule has 1 heterocycles. The van der Waals surface area contributed by atoms with Crippen molar-refractivity contribution in [2.75, 3.05) is 17.2 Å². The fourth-order valence-electron chi connectivity index (χ4n) is 4.10. The normalized spacial score (nSPS) is 11.9. The van der Waals surface area contributed by atoms with Gasteiger partial charge in [0.15, 0.2) is 6.10 Å². The number of benzene rings is 3. The van der Waals surface area contributed by atoms with Gasteiger partial charge in [0.05, 0.1) is 23.3 Å². The molecule has 1 aromatic heterocycles. The van der Waals surface area contributed by atoms with Crippen molar-refractivity contribution in [3.8, 4) is 0 Å². The number of pyridine rings is 1. The summed E-state index contributed by atoms with van der Waals surface area (Å²) in [6.07, 6.45) is 0.0339. The van der Waals surface area contributed by atoms with E-state index in [4.69, 9.17) is 14.8 Å². The molecule has 8 nitrogen and oxygen atoms in total. The Morgan fingerprint density at radius 1 is 0.944 bits per heavy atom. The van der Waals surface area contributed by atoms with Gasteiger partial charge >= 0.3 is 11.9 Å². The summed E-state index contributed by atoms with van der Waals surface area (Å²) in [7, 11) is 0. The van der Waals surface area contributed by atoms with Crippen molar-refractivity contribution in [1.29, 1.82) is 0 Å². The second kappa shape index (κ2) is 11.5. The third-order valence-electron chi connectivity index (χ3n) is 5.84. The van der Waals surface area contributed by atoms with Gasteiger partial charge in [-0.3, -0.25) is 4.79 Å². The fourth-order valence-corrected chi connectivity index (χ4v) is 4.10. The molecule has 4 N–H and O–H groups in total. The maximum atomic E-state index is 11.4. The van der Waals surface area contributed by atoms with Crippen LogP contribution >= 0.6 is 0 Å². The van der Waals surface area contributed by atoms with Gasteiger partial charge in [0.2, 0.25) is 0 Å². The number of para-hydroxylation sites is 2. The number of nitrogens with zero attached hydrogens (tertiary/aromatic N) is 1. The van der Waals surface area contributed by atoms with Gasteiger partial charge in [-0.05, 0) is 48.7 Å². The zero-order valence-corrected chi connectivity index (χ0v) is 20.0. The van der Waals surface area contributed by atoms with E-state index in [0.29, 0.717) is 19.4 Å². The number of carbonyl (C=O) groups is 2. The summed E-state index contributed by atoms with van der Waals surface area (Å²) in [5, 5.41) is 27.1. The van der Waals surface area contributed by atoms with Gasteiger partial charge in [-0.15, -0.1) is 0 Å². The first-order chi connectivity index (χ1) is 17.4. The highest BCUT2D eigenvalue weighted by Gasteiger charge is 2.16. The molecule has 0 radical (unpaired) electrons. The molecule has 0 fully saturated rings. The van der Waals surface area contributed by atoms with E-state index in [1.807, 2.05) is 66.7 Å². The molecule has 1 unspecified atom stereocenters. The maximum Gasteiger partial charge on any atom is 0.332 e. The van der Waals surface area contributed by atoms with E-state index in [2.05, 4.69) is 10.6 Å². The van der Waals surface area contributed by atoms with Gasteiger partial charge in [-0.1, -0.05) is 43.3 Å². The Kier molecular flexibility index (Phi) is 7.97. The number of rotatable bonds is 12. The zero-order valence-electron chi connectivity index (χ0n) is 20.0. The molecule has 3 aromatic carbocycles. The SMILES string of the molecule is CCC(OCc1cc(NCCCC(=O)O)cc(Nc2c3ccccc3nc3ccccc23)c1)C(=O)O. The summed E-state index contributed by atoms with van der Waals surface area (Å²) in [5.74, 6) is -1.83. The van der Waals surface area contributed by atoms with Crippen LogP contribution in [0.4, 0.5) is 17.1 Å². The predicted octanol–water partition coefficient (Wildman–Crippen LogP) is 5.79. The van der Waals surface area contributed by atoms with Gasteiger partial charge in [-0.2, -0.15) is 0 Å². The Balaban J connectivity index is 1.69. The molecule has 0 aliphatic carbocycles. The maximum absolute atomic E-state index is 11.4. The van der Waals surface area contributed by atoms with Crippen molar-refractivity contribution < 1.29 is 24.5 Å². The Morgan fingerprint density at radius 2 is 1.58 bits per heavy atom. The van der Waals surface area contributed by atoms with Crippen molar-refractivity contribution in [2.45, 2.75) is 38.9 Å². The van der Waals surface area contributed by atoms with Crippen molar-refractivity contribution >= 4 is 50.8 Å². The zero-order chi connectivity index (χ0) is 25.5. The number of nitrogens with one attached hydrogen (secondary N) is 2. The standard InChI is InChI=1S/C28H29N3O5/c1-2-25(28(34)35)36-17-18-14-19(29-13-7-12-26(32)33)16-20(15-18)30-27-21-8-3-5-10-23(21)31-24-11-6-4-9-22(24)27/h3-6,8-11,14-16,25,29H,2,7,12-13,17H2,1H3,(H,30,31)(H,32,33)(H,34,35). The molecule has 0 saturated heterocycles. The van der Waals surface area contributed by atoms with Crippen LogP contribution < -0.4 is 10.6 Å². The summed E-state index contributed by atoms with van der Waals surface area (Å²) in [6.45, 7) is 2.39. The van der Waals surface area contributed by atoms with E-state index in [-0.39, 0.29) is 13.0 Å². The number of carboxylic acids is 2. The van der Waals surface area contributed by atoms with E-state index < -0.39 is 18.0 Å². The van der Waals surface area contributed by atoms with Crippen LogP contribution in [-0.2, 0) is 20.9 Å². The lowest BCUT2D eigenvalue weighted by molar-refractivity contribution is -0.151. The Hall–Kier alpha value is -4.17. The minimum Gasteiger partial charge on any atom is -0.481 e. The largest absolute Gasteiger partial charge is 0.481 e. The second-order valence-corrected chi connectivity index (χ2v) is 8.53. The topological polar surface area (TPSA) is 121 Å². The van der Waals surface area contributed by atoms with Crippen molar-refractivity contribution in [2.24, 2.45) is 0 Å². The molecule has 36 heavy (non-hydrogen) atoms. The number of hydrogen-bond donors (Lipinski definition) is 4. The molecule has 0 saturated carbocycles. The molecule has 8 heteroatoms. The Morgan fingerprint density at radius 3 is 2.19 bits per heavy atom. The first-order valence-electron chi connectivity index (χ1n) is 11.9. The number of aliphatic carboxylic acids is 2. The summed E-state index contributed by atoms with van der Waals surface area (Å²) in [4.78, 5) is 27.0. The lowest BCUT2D eigenvalue weighted by Crippen LogP contribution is -2.22. The lowest BCUT2D eigenvalue weighted by Gasteiger charge is -2.17. The van der Waals surface area contributed by atoms with Crippen LogP contribution in [0.3, 0.4) is 0 Å². The average molecular weight is 488 g/mol. The number of fused-ring (bicyclic) bond motifs is 2. The number of carboxylic acid groups (broad SMARTS) is 2. The van der Waals surface area contributed by atoms with Crippen molar-refractivity contribution in [1.82, 2.24) is 4.98 Å². The number of anilines is 3. The molecule has 186 valence electrons. The monoisotopic (exact) mass is 487 g/mol. The van der Waals surface area contributed by atoms with E-state index >= 15 is 0 Å². The second-order valence-electron chi connectivity index (χ2n) is 8.53. The molecular weight excluding hydrogens is 458 g/mol. The molecule has 0 amide bonds. The Labute approximate surface area is 208 Å². The van der Waals surface area contributed by atoms with Gasteiger partial charge < -0.3 is 25.6 Å². The summed E-state index contributed by atoms with van der Waals surface area (Å²) < 4.78 is 5.65. The minimum atomic E-state index is -0.992. The van der Waals surface area contributed by atoms with Crippen LogP contribution in [0.5, 0.6) is 0 Å². The average Bonchev–Trinajstić information content (AvgIpc) is 2.86. The molecular formula is C28H29N3O5. The van der Waals surface area contributed by atoms with E-state index in [9.17, 15) is 14.7 Å². The first-order valence-corrected chi connectivity index (χ1v) is 11.9. The first kappa shape index (κ1) is 24.9. The molecule has 1 atom stereocenters. The molecule has 0 aliphatic heterocycles. The van der Waals surface area contributed by atoms with Crippen LogP contribution in [0.1, 0.15) is 31.7 Å². The van der Waals surface area contributed by atoms with Crippen molar-refractivity contribution in [3.05, 3.63) is 72.3 Å². The molecule has 0 spiro atoms. The van der Waals surface area contributed by atoms with Gasteiger partial charge in [-0.25, -0.2) is 9.78 Å². The van der Waals surface area contributed by atoms with Gasteiger partial charge in [0, 0.05) is 35.1 Å². The summed E-state index contributed by atoms with van der Waals surface area (Å²) >= 11 is 0. The number of hydrogen-bond acceptors (Lipinski definition) is 6. The highest BCUT2D eigenvalue weighted by Crippen LogP contribution is 2.34. The lowest BCUT2D eigenvalue weighted by atomic mass is 10.1. The van der Waals surface area contributed by atoms with Crippen LogP contribution in [0.2, 0.25) is 0 Å². The Bertz CT molecular complexity index is 1330. The molecule has 4 aromatic rings. The smallest absolute Gasteiger partial charge is 0.332 e. The molecule has 4 rings (SSSR count). The number of aromatic nitrogens is 1. The molecule has 0 aliphatic rings. The quantitative estimate of drug-likeness (QED) is 0.146. The fraction of sp³-hybridized carbons (Fsp3) is 0.250. The summed E-state index contributed by atoms with van der Waals surface area (Å²) in [6, 6.07) is 21.6. The third-order valence-corrected chi connectivity index (χ3v) is 5.84. The third kappa shape index (κ3) is 6.09. The van der Waals surface area contributed by atoms with Crippen LogP contribution in [0.15, 0.2) is 66.7 Å². The predicted molar refractivity (Wildman–Crippen MR) is 141 cm³/mol. The van der Waals surface area contributed by atoms with E-state index in [1.54, 1.807) is 6.92 Å². The van der Waals surface area contributed by atoms with Crippen molar-refractivity contribution in [3.63, 3.8) is 0 Å². The van der Waals surface area contributed by atoms with Crippen LogP contribution in [-0.4, -0.2) is 39.8 Å². The van der Waals surface area contributed by atoms with Crippen LogP contribution in [0.25, 0.3) is 21.8 Å². The van der Waals surface area contributed by atoms with E-state index in [1.165, 1.54) is 0 Å².